The van der Waals surface area contributed by atoms with E-state index in [9.17, 15) is 27.9 Å². The molecule has 132 valence electrons. The number of alkyl halides is 3. The normalized spacial score (nSPS) is 22.3. The van der Waals surface area contributed by atoms with Gasteiger partial charge in [-0.15, -0.1) is 0 Å². The molecule has 1 aromatic rings. The summed E-state index contributed by atoms with van der Waals surface area (Å²) in [6.07, 6.45) is -5.15. The van der Waals surface area contributed by atoms with Crippen LogP contribution in [0.3, 0.4) is 0 Å². The smallest absolute Gasteiger partial charge is 0.391 e. The Bertz CT molecular complexity index is 633. The van der Waals surface area contributed by atoms with Crippen LogP contribution in [0.2, 0.25) is 0 Å². The fourth-order valence-corrected chi connectivity index (χ4v) is 2.91. The van der Waals surface area contributed by atoms with Gasteiger partial charge in [0, 0.05) is 13.5 Å². The number of benzene rings is 1. The Labute approximate surface area is 137 Å². The molecule has 1 aliphatic heterocycles. The van der Waals surface area contributed by atoms with Crippen LogP contribution in [-0.4, -0.2) is 40.5 Å². The predicted octanol–water partition coefficient (Wildman–Crippen LogP) is 1.86. The minimum atomic E-state index is -4.48. The predicted molar refractivity (Wildman–Crippen MR) is 79.8 cm³/mol. The van der Waals surface area contributed by atoms with Gasteiger partial charge in [-0.25, -0.2) is 0 Å². The molecule has 1 fully saturated rings. The summed E-state index contributed by atoms with van der Waals surface area (Å²) in [7, 11) is 0. The highest BCUT2D eigenvalue weighted by molar-refractivity contribution is 5.87. The van der Waals surface area contributed by atoms with Crippen molar-refractivity contribution in [3.8, 4) is 0 Å². The van der Waals surface area contributed by atoms with Crippen molar-refractivity contribution in [2.75, 3.05) is 6.54 Å². The van der Waals surface area contributed by atoms with Gasteiger partial charge in [-0.1, -0.05) is 12.1 Å². The molecule has 2 amide bonds. The summed E-state index contributed by atoms with van der Waals surface area (Å²) in [5.74, 6) is -0.824. The van der Waals surface area contributed by atoms with Crippen LogP contribution in [0, 0.1) is 0 Å². The van der Waals surface area contributed by atoms with Gasteiger partial charge in [-0.3, -0.25) is 9.59 Å². The van der Waals surface area contributed by atoms with E-state index in [4.69, 9.17) is 0 Å². The first-order valence-electron chi connectivity index (χ1n) is 7.52. The van der Waals surface area contributed by atoms with Gasteiger partial charge in [-0.05, 0) is 31.0 Å². The zero-order valence-corrected chi connectivity index (χ0v) is 13.3. The third-order valence-corrected chi connectivity index (χ3v) is 3.95. The van der Waals surface area contributed by atoms with Gasteiger partial charge in [0.15, 0.2) is 0 Å². The summed E-state index contributed by atoms with van der Waals surface area (Å²) in [4.78, 5) is 24.9. The number of halogens is 3. The van der Waals surface area contributed by atoms with Crippen molar-refractivity contribution >= 4 is 11.8 Å². The average molecular weight is 344 g/mol. The summed E-state index contributed by atoms with van der Waals surface area (Å²) in [5.41, 5.74) is -0.492. The summed E-state index contributed by atoms with van der Waals surface area (Å²) in [6.45, 7) is 2.79. The second-order valence-electron chi connectivity index (χ2n) is 5.94. The van der Waals surface area contributed by atoms with E-state index in [1.54, 1.807) is 0 Å². The maximum atomic E-state index is 12.9. The second kappa shape index (κ2) is 6.80. The van der Waals surface area contributed by atoms with E-state index >= 15 is 0 Å². The molecule has 1 aromatic carbocycles. The van der Waals surface area contributed by atoms with Crippen LogP contribution in [0.4, 0.5) is 13.2 Å². The van der Waals surface area contributed by atoms with E-state index in [2.05, 4.69) is 5.32 Å². The fourth-order valence-electron chi connectivity index (χ4n) is 2.91. The molecule has 3 unspecified atom stereocenters. The molecule has 1 heterocycles. The molecule has 0 spiro atoms. The Morgan fingerprint density at radius 2 is 2.04 bits per heavy atom. The SMILES string of the molecule is CC(=O)NC(C)C(=O)N1CC(O)CC1c1cccc(C(F)(F)F)c1. The number of likely N-dealkylation sites (tertiary alicyclic amines) is 1. The monoisotopic (exact) mass is 344 g/mol. The molecular formula is C16H19F3N2O3. The third kappa shape index (κ3) is 4.05. The van der Waals surface area contributed by atoms with Crippen LogP contribution in [0.5, 0.6) is 0 Å². The van der Waals surface area contributed by atoms with Gasteiger partial charge in [0.05, 0.1) is 17.7 Å². The van der Waals surface area contributed by atoms with Crippen molar-refractivity contribution in [1.29, 1.82) is 0 Å². The number of nitrogens with zero attached hydrogens (tertiary/aromatic N) is 1. The molecule has 0 aromatic heterocycles. The maximum absolute atomic E-state index is 12.9. The fraction of sp³-hybridized carbons (Fsp3) is 0.500. The molecule has 1 saturated heterocycles. The van der Waals surface area contributed by atoms with Crippen molar-refractivity contribution < 1.29 is 27.9 Å². The largest absolute Gasteiger partial charge is 0.416 e. The lowest BCUT2D eigenvalue weighted by atomic mass is 10.0. The van der Waals surface area contributed by atoms with E-state index in [0.717, 1.165) is 12.1 Å². The lowest BCUT2D eigenvalue weighted by Crippen LogP contribution is -2.46. The maximum Gasteiger partial charge on any atom is 0.416 e. The van der Waals surface area contributed by atoms with Gasteiger partial charge in [-0.2, -0.15) is 13.2 Å². The van der Waals surface area contributed by atoms with E-state index in [1.807, 2.05) is 0 Å². The first kappa shape index (κ1) is 18.3. The molecule has 24 heavy (non-hydrogen) atoms. The van der Waals surface area contributed by atoms with E-state index in [-0.39, 0.29) is 18.9 Å². The number of hydrogen-bond acceptors (Lipinski definition) is 3. The van der Waals surface area contributed by atoms with Gasteiger partial charge in [0.1, 0.15) is 6.04 Å². The van der Waals surface area contributed by atoms with E-state index in [1.165, 1.54) is 30.9 Å². The Morgan fingerprint density at radius 1 is 1.38 bits per heavy atom. The van der Waals surface area contributed by atoms with Crippen LogP contribution < -0.4 is 5.32 Å². The molecule has 8 heteroatoms. The lowest BCUT2D eigenvalue weighted by Gasteiger charge is -2.28. The number of carbonyl (C=O) groups is 2. The van der Waals surface area contributed by atoms with Crippen LogP contribution in [0.1, 0.15) is 37.4 Å². The lowest BCUT2D eigenvalue weighted by molar-refractivity contribution is -0.137. The van der Waals surface area contributed by atoms with Crippen LogP contribution in [0.25, 0.3) is 0 Å². The van der Waals surface area contributed by atoms with Crippen LogP contribution in [0.15, 0.2) is 24.3 Å². The van der Waals surface area contributed by atoms with Gasteiger partial charge < -0.3 is 15.3 Å². The quantitative estimate of drug-likeness (QED) is 0.879. The number of rotatable bonds is 3. The molecule has 2 N–H and O–H groups in total. The Kier molecular flexibility index (Phi) is 5.17. The zero-order valence-electron chi connectivity index (χ0n) is 13.3. The second-order valence-corrected chi connectivity index (χ2v) is 5.94. The molecule has 0 saturated carbocycles. The summed E-state index contributed by atoms with van der Waals surface area (Å²) in [6, 6.07) is 3.25. The Morgan fingerprint density at radius 3 is 2.62 bits per heavy atom. The summed E-state index contributed by atoms with van der Waals surface area (Å²) < 4.78 is 38.6. The Balaban J connectivity index is 2.27. The van der Waals surface area contributed by atoms with Crippen molar-refractivity contribution in [1.82, 2.24) is 10.2 Å². The number of amides is 2. The van der Waals surface area contributed by atoms with E-state index < -0.39 is 35.8 Å². The number of nitrogens with one attached hydrogen (secondary N) is 1. The Hall–Kier alpha value is -2.09. The van der Waals surface area contributed by atoms with Crippen molar-refractivity contribution in [2.24, 2.45) is 0 Å². The molecule has 1 aliphatic rings. The number of β-amino-alcohol motifs (C(OH)–C–C–N with tert-alkyl or cyclic N) is 1. The molecule has 5 nitrogen and oxygen atoms in total. The number of aliphatic hydroxyl groups excluding tert-OH is 1. The molecule has 3 atom stereocenters. The highest BCUT2D eigenvalue weighted by Crippen LogP contribution is 2.36. The number of hydrogen-bond donors (Lipinski definition) is 2. The molecular weight excluding hydrogens is 325 g/mol. The van der Waals surface area contributed by atoms with E-state index in [0.29, 0.717) is 5.56 Å². The highest BCUT2D eigenvalue weighted by atomic mass is 19.4. The zero-order chi connectivity index (χ0) is 18.1. The van der Waals surface area contributed by atoms with Crippen LogP contribution in [-0.2, 0) is 15.8 Å². The van der Waals surface area contributed by atoms with Crippen molar-refractivity contribution in [3.63, 3.8) is 0 Å². The minimum absolute atomic E-state index is 0.0175. The molecule has 2 rings (SSSR count). The molecule has 0 radical (unpaired) electrons. The van der Waals surface area contributed by atoms with Crippen molar-refractivity contribution in [2.45, 2.75) is 44.6 Å². The van der Waals surface area contributed by atoms with Crippen LogP contribution >= 0.6 is 0 Å². The molecule has 0 aliphatic carbocycles. The van der Waals surface area contributed by atoms with Crippen molar-refractivity contribution in [3.05, 3.63) is 35.4 Å². The first-order valence-corrected chi connectivity index (χ1v) is 7.52. The summed E-state index contributed by atoms with van der Waals surface area (Å²) >= 11 is 0. The third-order valence-electron chi connectivity index (χ3n) is 3.95. The van der Waals surface area contributed by atoms with Gasteiger partial charge in [0.25, 0.3) is 0 Å². The highest BCUT2D eigenvalue weighted by Gasteiger charge is 2.38. The van der Waals surface area contributed by atoms with Gasteiger partial charge in [0.2, 0.25) is 11.8 Å². The topological polar surface area (TPSA) is 69.6 Å². The molecule has 0 bridgehead atoms. The standard InChI is InChI=1S/C16H19F3N2O3/c1-9(20-10(2)22)15(24)21-8-13(23)7-14(21)11-4-3-5-12(6-11)16(17,18)19/h3-6,9,13-14,23H,7-8H2,1-2H3,(H,20,22). The first-order chi connectivity index (χ1) is 11.1. The summed E-state index contributed by atoms with van der Waals surface area (Å²) in [5, 5.41) is 12.3. The van der Waals surface area contributed by atoms with Gasteiger partial charge >= 0.3 is 6.18 Å². The minimum Gasteiger partial charge on any atom is -0.391 e. The number of aliphatic hydroxyl groups is 1. The average Bonchev–Trinajstić information content (AvgIpc) is 2.87. The number of carbonyl (C=O) groups excluding carboxylic acids is 2.